The fourth-order valence-corrected chi connectivity index (χ4v) is 2.89. The van der Waals surface area contributed by atoms with Crippen LogP contribution in [0.1, 0.15) is 44.6 Å². The molecule has 0 radical (unpaired) electrons. The number of hydrogen-bond donors (Lipinski definition) is 1. The molecule has 1 aromatic rings. The van der Waals surface area contributed by atoms with Gasteiger partial charge in [-0.1, -0.05) is 19.3 Å². The molecule has 1 saturated carbocycles. The van der Waals surface area contributed by atoms with E-state index < -0.39 is 0 Å². The van der Waals surface area contributed by atoms with Crippen LogP contribution in [-0.4, -0.2) is 26.2 Å². The molecule has 22 heavy (non-hydrogen) atoms. The summed E-state index contributed by atoms with van der Waals surface area (Å²) in [5.74, 6) is 1.42. The first kappa shape index (κ1) is 16.4. The molecule has 2 rings (SSSR count). The van der Waals surface area contributed by atoms with Crippen molar-refractivity contribution in [2.45, 2.75) is 45.1 Å². The summed E-state index contributed by atoms with van der Waals surface area (Å²) in [6, 6.07) is 5.93. The number of amides is 1. The first-order valence-electron chi connectivity index (χ1n) is 7.85. The number of rotatable bonds is 5. The van der Waals surface area contributed by atoms with E-state index in [1.165, 1.54) is 19.3 Å². The monoisotopic (exact) mass is 303 g/mol. The summed E-state index contributed by atoms with van der Waals surface area (Å²) in [6.07, 6.45) is 7.53. The number of hydrogen-bond acceptors (Lipinski definition) is 3. The van der Waals surface area contributed by atoms with Crippen molar-refractivity contribution in [1.82, 2.24) is 5.32 Å². The Hall–Kier alpha value is -1.97. The number of carbonyl (C=O) groups is 1. The van der Waals surface area contributed by atoms with Crippen molar-refractivity contribution in [2.24, 2.45) is 0 Å². The zero-order chi connectivity index (χ0) is 15.9. The molecule has 0 unspecified atom stereocenters. The van der Waals surface area contributed by atoms with Gasteiger partial charge >= 0.3 is 0 Å². The van der Waals surface area contributed by atoms with Gasteiger partial charge in [-0.2, -0.15) is 0 Å². The SMILES string of the molecule is COc1ccc(/C(C)=C/C(=O)NC2CCCCC2)c(OC)c1. The number of methoxy groups -OCH3 is 2. The summed E-state index contributed by atoms with van der Waals surface area (Å²) in [4.78, 5) is 12.2. The van der Waals surface area contributed by atoms with E-state index in [4.69, 9.17) is 9.47 Å². The van der Waals surface area contributed by atoms with Crippen LogP contribution >= 0.6 is 0 Å². The first-order valence-corrected chi connectivity index (χ1v) is 7.85. The third-order valence-electron chi connectivity index (χ3n) is 4.13. The Kier molecular flexibility index (Phi) is 5.87. The number of ether oxygens (including phenoxy) is 2. The zero-order valence-corrected chi connectivity index (χ0v) is 13.6. The van der Waals surface area contributed by atoms with Crippen LogP contribution in [0.3, 0.4) is 0 Å². The highest BCUT2D eigenvalue weighted by Gasteiger charge is 2.15. The van der Waals surface area contributed by atoms with Gasteiger partial charge in [-0.15, -0.1) is 0 Å². The number of nitrogens with one attached hydrogen (secondary N) is 1. The van der Waals surface area contributed by atoms with Crippen LogP contribution in [0, 0.1) is 0 Å². The molecule has 4 heteroatoms. The van der Waals surface area contributed by atoms with Gasteiger partial charge in [-0.25, -0.2) is 0 Å². The highest BCUT2D eigenvalue weighted by Crippen LogP contribution is 2.29. The summed E-state index contributed by atoms with van der Waals surface area (Å²) >= 11 is 0. The molecule has 1 aliphatic rings. The molecule has 1 amide bonds. The molecule has 120 valence electrons. The van der Waals surface area contributed by atoms with Crippen LogP contribution in [0.5, 0.6) is 11.5 Å². The lowest BCUT2D eigenvalue weighted by Gasteiger charge is -2.22. The van der Waals surface area contributed by atoms with Gasteiger partial charge in [0.05, 0.1) is 14.2 Å². The smallest absolute Gasteiger partial charge is 0.244 e. The Balaban J connectivity index is 2.08. The minimum Gasteiger partial charge on any atom is -0.497 e. The largest absolute Gasteiger partial charge is 0.497 e. The van der Waals surface area contributed by atoms with Gasteiger partial charge in [0.25, 0.3) is 0 Å². The summed E-state index contributed by atoms with van der Waals surface area (Å²) in [6.45, 7) is 1.92. The minimum atomic E-state index is -0.0257. The Morgan fingerprint density at radius 2 is 1.91 bits per heavy atom. The van der Waals surface area contributed by atoms with Crippen LogP contribution in [0.2, 0.25) is 0 Å². The van der Waals surface area contributed by atoms with Crippen molar-refractivity contribution in [2.75, 3.05) is 14.2 Å². The van der Waals surface area contributed by atoms with E-state index >= 15 is 0 Å². The molecule has 0 spiro atoms. The van der Waals surface area contributed by atoms with Crippen LogP contribution < -0.4 is 14.8 Å². The van der Waals surface area contributed by atoms with Gasteiger partial charge in [0.2, 0.25) is 5.91 Å². The summed E-state index contributed by atoms with van der Waals surface area (Å²) in [7, 11) is 3.24. The van der Waals surface area contributed by atoms with E-state index in [0.717, 1.165) is 29.7 Å². The molecular weight excluding hydrogens is 278 g/mol. The summed E-state index contributed by atoms with van der Waals surface area (Å²) in [5.41, 5.74) is 1.79. The molecular formula is C18H25NO3. The third-order valence-corrected chi connectivity index (χ3v) is 4.13. The molecule has 0 heterocycles. The molecule has 0 atom stereocenters. The maximum absolute atomic E-state index is 12.2. The van der Waals surface area contributed by atoms with Crippen molar-refractivity contribution in [3.63, 3.8) is 0 Å². The summed E-state index contributed by atoms with van der Waals surface area (Å²) < 4.78 is 10.6. The van der Waals surface area contributed by atoms with E-state index in [2.05, 4.69) is 5.32 Å². The predicted octanol–water partition coefficient (Wildman–Crippen LogP) is 3.56. The predicted molar refractivity (Wildman–Crippen MR) is 88.2 cm³/mol. The molecule has 4 nitrogen and oxygen atoms in total. The van der Waals surface area contributed by atoms with Crippen LogP contribution in [0.25, 0.3) is 5.57 Å². The van der Waals surface area contributed by atoms with Crippen LogP contribution in [0.4, 0.5) is 0 Å². The number of allylic oxidation sites excluding steroid dienone is 1. The standard InChI is InChI=1S/C18H25NO3/c1-13(11-18(20)19-14-7-5-4-6-8-14)16-10-9-15(21-2)12-17(16)22-3/h9-12,14H,4-8H2,1-3H3,(H,19,20)/b13-11+. The quantitative estimate of drug-likeness (QED) is 0.846. The van der Waals surface area contributed by atoms with Gasteiger partial charge < -0.3 is 14.8 Å². The van der Waals surface area contributed by atoms with Gasteiger partial charge in [0.15, 0.2) is 0 Å². The fourth-order valence-electron chi connectivity index (χ4n) is 2.89. The normalized spacial score (nSPS) is 16.2. The van der Waals surface area contributed by atoms with E-state index in [1.54, 1.807) is 20.3 Å². The van der Waals surface area contributed by atoms with Gasteiger partial charge in [0, 0.05) is 23.7 Å². The first-order chi connectivity index (χ1) is 10.6. The second kappa shape index (κ2) is 7.87. The minimum absolute atomic E-state index is 0.0257. The van der Waals surface area contributed by atoms with E-state index in [9.17, 15) is 4.79 Å². The lowest BCUT2D eigenvalue weighted by molar-refractivity contribution is -0.117. The van der Waals surface area contributed by atoms with Crippen LogP contribution in [-0.2, 0) is 4.79 Å². The van der Waals surface area contributed by atoms with Gasteiger partial charge in [0.1, 0.15) is 11.5 Å². The molecule has 0 aromatic heterocycles. The van der Waals surface area contributed by atoms with Crippen molar-refractivity contribution >= 4 is 11.5 Å². The van der Waals surface area contributed by atoms with Gasteiger partial charge in [-0.05, 0) is 37.5 Å². The Morgan fingerprint density at radius 1 is 1.18 bits per heavy atom. The Morgan fingerprint density at radius 3 is 2.55 bits per heavy atom. The lowest BCUT2D eigenvalue weighted by atomic mass is 9.95. The van der Waals surface area contributed by atoms with Crippen molar-refractivity contribution in [3.05, 3.63) is 29.8 Å². The maximum Gasteiger partial charge on any atom is 0.244 e. The fraction of sp³-hybridized carbons (Fsp3) is 0.500. The van der Waals surface area contributed by atoms with E-state index in [1.807, 2.05) is 25.1 Å². The van der Waals surface area contributed by atoms with Crippen molar-refractivity contribution in [1.29, 1.82) is 0 Å². The molecule has 0 bridgehead atoms. The number of benzene rings is 1. The Labute approximate surface area is 132 Å². The number of carbonyl (C=O) groups excluding carboxylic acids is 1. The average Bonchev–Trinajstić information content (AvgIpc) is 2.54. The highest BCUT2D eigenvalue weighted by molar-refractivity contribution is 5.95. The second-order valence-electron chi connectivity index (χ2n) is 5.74. The highest BCUT2D eigenvalue weighted by atomic mass is 16.5. The van der Waals surface area contributed by atoms with Crippen molar-refractivity contribution in [3.8, 4) is 11.5 Å². The molecule has 1 fully saturated rings. The van der Waals surface area contributed by atoms with E-state index in [-0.39, 0.29) is 5.91 Å². The zero-order valence-electron chi connectivity index (χ0n) is 13.6. The maximum atomic E-state index is 12.2. The third kappa shape index (κ3) is 4.26. The van der Waals surface area contributed by atoms with Gasteiger partial charge in [-0.3, -0.25) is 4.79 Å². The molecule has 0 aliphatic heterocycles. The van der Waals surface area contributed by atoms with E-state index in [0.29, 0.717) is 11.8 Å². The Bertz CT molecular complexity index is 545. The molecule has 1 N–H and O–H groups in total. The lowest BCUT2D eigenvalue weighted by Crippen LogP contribution is -2.35. The summed E-state index contributed by atoms with van der Waals surface area (Å²) in [5, 5.41) is 3.10. The second-order valence-corrected chi connectivity index (χ2v) is 5.74. The average molecular weight is 303 g/mol. The molecule has 1 aromatic carbocycles. The van der Waals surface area contributed by atoms with Crippen LogP contribution in [0.15, 0.2) is 24.3 Å². The molecule has 0 saturated heterocycles. The topological polar surface area (TPSA) is 47.6 Å². The van der Waals surface area contributed by atoms with Crippen molar-refractivity contribution < 1.29 is 14.3 Å². The molecule has 1 aliphatic carbocycles.